The van der Waals surface area contributed by atoms with Crippen LogP contribution in [0.5, 0.6) is 0 Å². The standard InChI is InChI=1S/C36H64N10O14/c1-37(2)3-20-46(29(47)21-38-4-8-40(23-31(49)50)12-16-44(27-35(57)58)17-13-41(9-5-38)24-32(51)52)30(48)22-39-6-10-42(25-33(53)54)14-18-45(28-36(59)60)19-15-43(11-7-39)26-34(55)56/h3-28H2,1-2H3,(H,49,50)(H,51,52)(H,53,54)(H,55,56)(H,57,58)(H,59,60). The molecule has 0 atom stereocenters. The summed E-state index contributed by atoms with van der Waals surface area (Å²) in [5, 5.41) is 57.2. The van der Waals surface area contributed by atoms with Crippen LogP contribution in [-0.2, 0) is 38.4 Å². The maximum atomic E-state index is 14.2. The quantitative estimate of drug-likeness (QED) is 0.0708. The normalized spacial score (nSPS) is 19.3. The molecule has 0 aromatic rings. The monoisotopic (exact) mass is 860 g/mol. The van der Waals surface area contributed by atoms with Crippen molar-refractivity contribution >= 4 is 47.6 Å². The van der Waals surface area contributed by atoms with Crippen molar-refractivity contribution in [2.24, 2.45) is 0 Å². The van der Waals surface area contributed by atoms with Crippen LogP contribution in [0.3, 0.4) is 0 Å². The highest BCUT2D eigenvalue weighted by atomic mass is 16.4. The second kappa shape index (κ2) is 27.4. The van der Waals surface area contributed by atoms with E-state index in [1.807, 2.05) is 0 Å². The highest BCUT2D eigenvalue weighted by molar-refractivity contribution is 5.97. The van der Waals surface area contributed by atoms with Gasteiger partial charge in [0.05, 0.1) is 52.4 Å². The summed E-state index contributed by atoms with van der Waals surface area (Å²) in [4.78, 5) is 114. The molecule has 2 amide bonds. The Kier molecular flexibility index (Phi) is 23.7. The van der Waals surface area contributed by atoms with Crippen molar-refractivity contribution in [3.8, 4) is 0 Å². The van der Waals surface area contributed by atoms with Crippen molar-refractivity contribution in [2.45, 2.75) is 0 Å². The van der Waals surface area contributed by atoms with E-state index in [-0.39, 0.29) is 164 Å². The molecular formula is C36H64N10O14. The Morgan fingerprint density at radius 3 is 0.633 bits per heavy atom. The number of carbonyl (C=O) groups excluding carboxylic acids is 2. The molecule has 0 spiro atoms. The van der Waals surface area contributed by atoms with E-state index in [1.165, 1.54) is 0 Å². The van der Waals surface area contributed by atoms with E-state index in [0.29, 0.717) is 6.54 Å². The second-order valence-electron chi connectivity index (χ2n) is 15.3. The Balaban J connectivity index is 2.36. The van der Waals surface area contributed by atoms with E-state index >= 15 is 0 Å². The fraction of sp³-hybridized carbons (Fsp3) is 0.778. The van der Waals surface area contributed by atoms with Crippen molar-refractivity contribution in [1.82, 2.24) is 49.0 Å². The third-order valence-corrected chi connectivity index (χ3v) is 10.1. The molecule has 0 bridgehead atoms. The van der Waals surface area contributed by atoms with E-state index in [4.69, 9.17) is 0 Å². The van der Waals surface area contributed by atoms with Gasteiger partial charge in [0, 0.05) is 118 Å². The van der Waals surface area contributed by atoms with Crippen LogP contribution in [0.4, 0.5) is 0 Å². The summed E-state index contributed by atoms with van der Waals surface area (Å²) in [5.41, 5.74) is 0. The summed E-state index contributed by atoms with van der Waals surface area (Å²) in [6.45, 7) is 0.750. The molecule has 24 nitrogen and oxygen atoms in total. The third kappa shape index (κ3) is 22.8. The average molecular weight is 861 g/mol. The highest BCUT2D eigenvalue weighted by Crippen LogP contribution is 2.07. The number of carboxylic acids is 6. The van der Waals surface area contributed by atoms with Crippen molar-refractivity contribution in [3.63, 3.8) is 0 Å². The first kappa shape index (κ1) is 51.7. The van der Waals surface area contributed by atoms with Gasteiger partial charge in [0.2, 0.25) is 11.8 Å². The second-order valence-corrected chi connectivity index (χ2v) is 15.3. The van der Waals surface area contributed by atoms with Crippen LogP contribution in [0, 0.1) is 0 Å². The molecule has 0 saturated carbocycles. The van der Waals surface area contributed by atoms with E-state index in [1.54, 1.807) is 58.2 Å². The fourth-order valence-corrected chi connectivity index (χ4v) is 6.81. The molecule has 2 heterocycles. The van der Waals surface area contributed by atoms with Crippen LogP contribution in [0.1, 0.15) is 0 Å². The van der Waals surface area contributed by atoms with Gasteiger partial charge in [0.25, 0.3) is 0 Å². The third-order valence-electron chi connectivity index (χ3n) is 10.1. The molecule has 0 radical (unpaired) electrons. The van der Waals surface area contributed by atoms with Crippen LogP contribution in [0.15, 0.2) is 0 Å². The van der Waals surface area contributed by atoms with Gasteiger partial charge in [-0.1, -0.05) is 0 Å². The minimum Gasteiger partial charge on any atom is -0.480 e. The van der Waals surface area contributed by atoms with Gasteiger partial charge >= 0.3 is 35.8 Å². The molecule has 2 saturated heterocycles. The van der Waals surface area contributed by atoms with Gasteiger partial charge in [-0.2, -0.15) is 0 Å². The highest BCUT2D eigenvalue weighted by Gasteiger charge is 2.28. The zero-order chi connectivity index (χ0) is 44.8. The van der Waals surface area contributed by atoms with Gasteiger partial charge in [-0.25, -0.2) is 0 Å². The minimum atomic E-state index is -1.10. The number of carboxylic acid groups (broad SMARTS) is 6. The lowest BCUT2D eigenvalue weighted by Gasteiger charge is -2.34. The Bertz CT molecular complexity index is 1280. The molecule has 2 aliphatic heterocycles. The van der Waals surface area contributed by atoms with Gasteiger partial charge in [0.1, 0.15) is 0 Å². The predicted octanol–water partition coefficient (Wildman–Crippen LogP) is -5.15. The lowest BCUT2D eigenvalue weighted by molar-refractivity contribution is -0.147. The van der Waals surface area contributed by atoms with Crippen molar-refractivity contribution in [3.05, 3.63) is 0 Å². The first-order valence-electron chi connectivity index (χ1n) is 19.9. The molecule has 60 heavy (non-hydrogen) atoms. The molecule has 2 rings (SSSR count). The number of imide groups is 1. The van der Waals surface area contributed by atoms with E-state index in [9.17, 15) is 69.0 Å². The van der Waals surface area contributed by atoms with E-state index < -0.39 is 47.6 Å². The lowest BCUT2D eigenvalue weighted by Crippen LogP contribution is -2.53. The number of nitrogens with zero attached hydrogens (tertiary/aromatic N) is 10. The van der Waals surface area contributed by atoms with Gasteiger partial charge in [-0.15, -0.1) is 0 Å². The first-order valence-corrected chi connectivity index (χ1v) is 19.9. The summed E-state index contributed by atoms with van der Waals surface area (Å²) in [7, 11) is 3.55. The van der Waals surface area contributed by atoms with Crippen LogP contribution in [0.25, 0.3) is 0 Å². The average Bonchev–Trinajstić information content (AvgIpc) is 3.12. The van der Waals surface area contributed by atoms with Crippen LogP contribution < -0.4 is 0 Å². The summed E-state index contributed by atoms with van der Waals surface area (Å²) < 4.78 is 0. The molecule has 0 aromatic carbocycles. The fourth-order valence-electron chi connectivity index (χ4n) is 6.81. The number of hydrogen-bond acceptors (Lipinski definition) is 17. The lowest BCUT2D eigenvalue weighted by atomic mass is 10.3. The van der Waals surface area contributed by atoms with Crippen molar-refractivity contribution in [1.29, 1.82) is 0 Å². The maximum Gasteiger partial charge on any atom is 0.317 e. The molecular weight excluding hydrogens is 796 g/mol. The van der Waals surface area contributed by atoms with Gasteiger partial charge < -0.3 is 35.5 Å². The first-order chi connectivity index (χ1) is 28.3. The molecule has 24 heteroatoms. The Morgan fingerprint density at radius 2 is 0.483 bits per heavy atom. The predicted molar refractivity (Wildman–Crippen MR) is 213 cm³/mol. The van der Waals surface area contributed by atoms with Crippen LogP contribution >= 0.6 is 0 Å². The summed E-state index contributed by atoms with van der Waals surface area (Å²) in [5.74, 6) is -7.65. The number of likely N-dealkylation sites (N-methyl/N-ethyl adjacent to an activating group) is 1. The van der Waals surface area contributed by atoms with Crippen molar-refractivity contribution in [2.75, 3.05) is 184 Å². The molecule has 2 fully saturated rings. The van der Waals surface area contributed by atoms with E-state index in [2.05, 4.69) is 0 Å². The Hall–Kier alpha value is -4.40. The summed E-state index contributed by atoms with van der Waals surface area (Å²) >= 11 is 0. The van der Waals surface area contributed by atoms with Gasteiger partial charge in [-0.05, 0) is 14.1 Å². The Morgan fingerprint density at radius 1 is 0.317 bits per heavy atom. The number of aliphatic carboxylic acids is 6. The topological polar surface area (TPSA) is 290 Å². The van der Waals surface area contributed by atoms with Crippen LogP contribution in [-0.4, -0.2) is 312 Å². The number of hydrogen-bond donors (Lipinski definition) is 6. The zero-order valence-electron chi connectivity index (χ0n) is 34.8. The maximum absolute atomic E-state index is 14.2. The summed E-state index contributed by atoms with van der Waals surface area (Å²) in [6, 6.07) is 0. The largest absolute Gasteiger partial charge is 0.480 e. The van der Waals surface area contributed by atoms with Crippen molar-refractivity contribution < 1.29 is 69.0 Å². The molecule has 0 aromatic heterocycles. The molecule has 0 aliphatic carbocycles. The molecule has 6 N–H and O–H groups in total. The number of amides is 2. The number of rotatable bonds is 19. The van der Waals surface area contributed by atoms with E-state index in [0.717, 1.165) is 4.90 Å². The van der Waals surface area contributed by atoms with Crippen LogP contribution in [0.2, 0.25) is 0 Å². The smallest absolute Gasteiger partial charge is 0.317 e. The summed E-state index contributed by atoms with van der Waals surface area (Å²) in [6.07, 6.45) is 0. The SMILES string of the molecule is CN(C)CCN(C(=O)CN1CCN(CC(=O)O)CCN(CC(=O)O)CCN(CC(=O)O)CC1)C(=O)CN1CCN(CC(=O)O)CCN(CC(=O)O)CCN(CC(=O)O)CC1. The molecule has 2 aliphatic rings. The molecule has 0 unspecified atom stereocenters. The van der Waals surface area contributed by atoms with Gasteiger partial charge in [-0.3, -0.25) is 82.5 Å². The van der Waals surface area contributed by atoms with Gasteiger partial charge in [0.15, 0.2) is 0 Å². The molecule has 342 valence electrons. The Labute approximate surface area is 349 Å². The minimum absolute atomic E-state index is 0.0116. The zero-order valence-corrected chi connectivity index (χ0v) is 34.8. The number of carbonyl (C=O) groups is 8.